The van der Waals surface area contributed by atoms with Gasteiger partial charge in [-0.05, 0) is 87.6 Å². The van der Waals surface area contributed by atoms with Gasteiger partial charge in [0.1, 0.15) is 17.2 Å². The second-order valence-electron chi connectivity index (χ2n) is 13.4. The number of hydrogen-bond acceptors (Lipinski definition) is 7. The Morgan fingerprint density at radius 2 is 1.64 bits per heavy atom. The second-order valence-corrected chi connectivity index (χ2v) is 13.4. The first kappa shape index (κ1) is 33.0. The number of furan rings is 1. The maximum Gasteiger partial charge on any atom is 0.291 e. The molecule has 252 valence electrons. The quantitative estimate of drug-likeness (QED) is 0.228. The highest BCUT2D eigenvalue weighted by Crippen LogP contribution is 2.35. The van der Waals surface area contributed by atoms with Crippen LogP contribution in [0, 0.1) is 11.8 Å². The summed E-state index contributed by atoms with van der Waals surface area (Å²) in [7, 11) is 1.50. The highest BCUT2D eigenvalue weighted by atomic mass is 16.5. The molecule has 1 saturated carbocycles. The first-order chi connectivity index (χ1) is 23.0. The molecule has 2 atom stereocenters. The molecule has 3 fully saturated rings. The SMILES string of the molecule is COc1c(C(=O)NC2(C(=O)NC(Cc3ccccc3)C(=O)N[C@H](CC3CCOCC3)C3CCNCC3)CCCC2)oc2ccccc12. The lowest BCUT2D eigenvalue weighted by molar-refractivity contribution is -0.133. The molecule has 0 radical (unpaired) electrons. The molecule has 3 amide bonds. The summed E-state index contributed by atoms with van der Waals surface area (Å²) in [6.07, 6.45) is 7.75. The Morgan fingerprint density at radius 3 is 2.36 bits per heavy atom. The van der Waals surface area contributed by atoms with E-state index in [4.69, 9.17) is 13.9 Å². The van der Waals surface area contributed by atoms with Crippen molar-refractivity contribution in [2.75, 3.05) is 33.4 Å². The van der Waals surface area contributed by atoms with Gasteiger partial charge >= 0.3 is 0 Å². The van der Waals surface area contributed by atoms with Crippen LogP contribution in [0.15, 0.2) is 59.0 Å². The molecule has 10 nitrogen and oxygen atoms in total. The lowest BCUT2D eigenvalue weighted by Gasteiger charge is -2.36. The third kappa shape index (κ3) is 7.81. The fraction of sp³-hybridized carbons (Fsp3) is 0.541. The molecule has 2 saturated heterocycles. The van der Waals surface area contributed by atoms with E-state index in [1.807, 2.05) is 48.5 Å². The van der Waals surface area contributed by atoms with Crippen LogP contribution in [-0.4, -0.2) is 68.8 Å². The van der Waals surface area contributed by atoms with Crippen LogP contribution < -0.4 is 26.0 Å². The van der Waals surface area contributed by atoms with Crippen molar-refractivity contribution < 1.29 is 28.3 Å². The van der Waals surface area contributed by atoms with E-state index < -0.39 is 17.5 Å². The zero-order chi connectivity index (χ0) is 32.6. The second kappa shape index (κ2) is 15.3. The van der Waals surface area contributed by atoms with Crippen molar-refractivity contribution in [2.45, 2.75) is 81.8 Å². The van der Waals surface area contributed by atoms with Gasteiger partial charge in [0, 0.05) is 25.7 Å². The lowest BCUT2D eigenvalue weighted by atomic mass is 9.82. The molecule has 0 spiro atoms. The highest BCUT2D eigenvalue weighted by Gasteiger charge is 2.45. The van der Waals surface area contributed by atoms with Crippen LogP contribution in [0.4, 0.5) is 0 Å². The summed E-state index contributed by atoms with van der Waals surface area (Å²) >= 11 is 0. The van der Waals surface area contributed by atoms with Crippen molar-refractivity contribution in [1.29, 1.82) is 0 Å². The van der Waals surface area contributed by atoms with Crippen LogP contribution in [0.1, 0.15) is 73.9 Å². The maximum absolute atomic E-state index is 14.3. The van der Waals surface area contributed by atoms with Crippen LogP contribution in [0.25, 0.3) is 11.0 Å². The van der Waals surface area contributed by atoms with Crippen LogP contribution in [0.3, 0.4) is 0 Å². The smallest absolute Gasteiger partial charge is 0.291 e. The average Bonchev–Trinajstić information content (AvgIpc) is 3.74. The van der Waals surface area contributed by atoms with Gasteiger partial charge in [0.25, 0.3) is 5.91 Å². The van der Waals surface area contributed by atoms with Gasteiger partial charge in [-0.25, -0.2) is 0 Å². The molecule has 3 aromatic rings. The van der Waals surface area contributed by atoms with Crippen LogP contribution in [0.5, 0.6) is 5.75 Å². The minimum Gasteiger partial charge on any atom is -0.492 e. The molecule has 1 aliphatic carbocycles. The largest absolute Gasteiger partial charge is 0.492 e. The molecule has 1 unspecified atom stereocenters. The van der Waals surface area contributed by atoms with Gasteiger partial charge in [-0.1, -0.05) is 55.3 Å². The first-order valence-corrected chi connectivity index (χ1v) is 17.3. The van der Waals surface area contributed by atoms with Gasteiger partial charge in [0.05, 0.1) is 12.5 Å². The Balaban J connectivity index is 1.22. The highest BCUT2D eigenvalue weighted by molar-refractivity contribution is 6.04. The van der Waals surface area contributed by atoms with E-state index in [9.17, 15) is 14.4 Å². The average molecular weight is 645 g/mol. The number of ether oxygens (including phenoxy) is 2. The zero-order valence-corrected chi connectivity index (χ0v) is 27.4. The number of hydrogen-bond donors (Lipinski definition) is 4. The predicted molar refractivity (Wildman–Crippen MR) is 179 cm³/mol. The Labute approximate surface area is 276 Å². The van der Waals surface area contributed by atoms with Crippen LogP contribution >= 0.6 is 0 Å². The fourth-order valence-electron chi connectivity index (χ4n) is 7.63. The number of methoxy groups -OCH3 is 1. The van der Waals surface area contributed by atoms with Crippen molar-refractivity contribution in [3.63, 3.8) is 0 Å². The summed E-state index contributed by atoms with van der Waals surface area (Å²) in [6, 6.07) is 16.3. The number of carbonyl (C=O) groups excluding carboxylic acids is 3. The van der Waals surface area contributed by atoms with Crippen molar-refractivity contribution in [3.8, 4) is 5.75 Å². The van der Waals surface area contributed by atoms with Gasteiger partial charge < -0.3 is 35.2 Å². The predicted octanol–water partition coefficient (Wildman–Crippen LogP) is 4.51. The number of benzene rings is 2. The molecule has 6 rings (SSSR count). The monoisotopic (exact) mass is 644 g/mol. The molecule has 2 aliphatic heterocycles. The van der Waals surface area contributed by atoms with E-state index in [1.165, 1.54) is 7.11 Å². The number of nitrogens with one attached hydrogen (secondary N) is 4. The molecule has 3 aliphatic rings. The molecule has 47 heavy (non-hydrogen) atoms. The third-order valence-corrected chi connectivity index (χ3v) is 10.3. The van der Waals surface area contributed by atoms with Gasteiger partial charge in [0.2, 0.25) is 17.6 Å². The van der Waals surface area contributed by atoms with Crippen LogP contribution in [0.2, 0.25) is 0 Å². The van der Waals surface area contributed by atoms with Crippen molar-refractivity contribution >= 4 is 28.7 Å². The van der Waals surface area contributed by atoms with Crippen LogP contribution in [-0.2, 0) is 20.7 Å². The number of fused-ring (bicyclic) bond motifs is 1. The lowest BCUT2D eigenvalue weighted by Crippen LogP contribution is -2.62. The molecule has 1 aromatic heterocycles. The minimum absolute atomic E-state index is 0.0172. The van der Waals surface area contributed by atoms with Gasteiger partial charge in [-0.15, -0.1) is 0 Å². The topological polar surface area (TPSA) is 131 Å². The van der Waals surface area contributed by atoms with Gasteiger partial charge in [0.15, 0.2) is 5.75 Å². The van der Waals surface area contributed by atoms with Crippen molar-refractivity contribution in [1.82, 2.24) is 21.3 Å². The van der Waals surface area contributed by atoms with E-state index in [-0.39, 0.29) is 23.6 Å². The Hall–Kier alpha value is -3.89. The molecular weight excluding hydrogens is 596 g/mol. The first-order valence-electron chi connectivity index (χ1n) is 17.3. The zero-order valence-electron chi connectivity index (χ0n) is 27.4. The number of amides is 3. The molecule has 4 N–H and O–H groups in total. The fourth-order valence-corrected chi connectivity index (χ4v) is 7.63. The number of piperidine rings is 1. The maximum atomic E-state index is 14.3. The molecule has 3 heterocycles. The summed E-state index contributed by atoms with van der Waals surface area (Å²) in [4.78, 5) is 42.2. The number of rotatable bonds is 12. The van der Waals surface area contributed by atoms with Crippen molar-refractivity contribution in [2.24, 2.45) is 11.8 Å². The van der Waals surface area contributed by atoms with Crippen molar-refractivity contribution in [3.05, 3.63) is 65.9 Å². The third-order valence-electron chi connectivity index (χ3n) is 10.3. The standard InChI is InChI=1S/C37H48N4O6/c1-45-32-28-11-5-6-12-31(28)47-33(32)35(43)41-37(17-7-8-18-37)36(44)40-30(24-25-9-3-2-4-10-25)34(42)39-29(27-13-19-38-20-14-27)23-26-15-21-46-22-16-26/h2-6,9-12,26-27,29-30,38H,7-8,13-24H2,1H3,(H,39,42)(H,40,44)(H,41,43)/t29-,30?/m1/s1. The minimum atomic E-state index is -1.17. The van der Waals surface area contributed by atoms with E-state index in [0.717, 1.165) is 76.8 Å². The summed E-state index contributed by atoms with van der Waals surface area (Å²) in [5, 5.41) is 13.7. The summed E-state index contributed by atoms with van der Waals surface area (Å²) in [5.41, 5.74) is 0.308. The Kier molecular flexibility index (Phi) is 10.8. The van der Waals surface area contributed by atoms with E-state index in [2.05, 4.69) is 21.3 Å². The molecule has 0 bridgehead atoms. The summed E-state index contributed by atoms with van der Waals surface area (Å²) in [5.74, 6) is 0.189. The number of carbonyl (C=O) groups is 3. The van der Waals surface area contributed by atoms with Gasteiger partial charge in [-0.2, -0.15) is 0 Å². The van der Waals surface area contributed by atoms with E-state index in [0.29, 0.717) is 47.8 Å². The van der Waals surface area contributed by atoms with E-state index >= 15 is 0 Å². The van der Waals surface area contributed by atoms with E-state index in [1.54, 1.807) is 6.07 Å². The molecular formula is C37H48N4O6. The Morgan fingerprint density at radius 1 is 0.936 bits per heavy atom. The van der Waals surface area contributed by atoms with Gasteiger partial charge in [-0.3, -0.25) is 14.4 Å². The normalized spacial score (nSPS) is 19.9. The number of para-hydroxylation sites is 1. The Bertz CT molecular complexity index is 1510. The summed E-state index contributed by atoms with van der Waals surface area (Å²) < 4.78 is 17.1. The molecule has 2 aromatic carbocycles. The molecule has 10 heteroatoms. The summed E-state index contributed by atoms with van der Waals surface area (Å²) in [6.45, 7) is 3.40.